The summed E-state index contributed by atoms with van der Waals surface area (Å²) in [6.07, 6.45) is 64.1. The summed E-state index contributed by atoms with van der Waals surface area (Å²) in [5.41, 5.74) is 0. The summed E-state index contributed by atoms with van der Waals surface area (Å²) in [5.74, 6) is -0.884. The van der Waals surface area contributed by atoms with Gasteiger partial charge in [0.15, 0.2) is 6.10 Å². The SMILES string of the molecule is CCCCC/C=C\C/C=C\CCCCCCCCCCCC(=O)OC(COC(=O)CCCCCCCC)COC(=O)CCCCCCCCCCC/C=C\C/C=C\CCCCCCC. The van der Waals surface area contributed by atoms with E-state index in [2.05, 4.69) is 69.4 Å². The Bertz CT molecular complexity index is 1120. The van der Waals surface area contributed by atoms with Crippen LogP contribution in [0.1, 0.15) is 284 Å². The highest BCUT2D eigenvalue weighted by molar-refractivity contribution is 5.71. The smallest absolute Gasteiger partial charge is 0.306 e. The van der Waals surface area contributed by atoms with Crippen LogP contribution in [0, 0.1) is 0 Å². The fourth-order valence-electron chi connectivity index (χ4n) is 7.86. The van der Waals surface area contributed by atoms with Crippen molar-refractivity contribution in [3.8, 4) is 0 Å². The van der Waals surface area contributed by atoms with Gasteiger partial charge in [0.2, 0.25) is 0 Å². The van der Waals surface area contributed by atoms with Gasteiger partial charge in [-0.2, -0.15) is 0 Å². The van der Waals surface area contributed by atoms with Crippen LogP contribution in [0.4, 0.5) is 0 Å². The molecule has 0 aromatic rings. The third-order valence-corrected chi connectivity index (χ3v) is 12.1. The Morgan fingerprint density at radius 1 is 0.312 bits per heavy atom. The minimum atomic E-state index is -0.773. The summed E-state index contributed by atoms with van der Waals surface area (Å²) < 4.78 is 16.7. The highest BCUT2D eigenvalue weighted by atomic mass is 16.6. The summed E-state index contributed by atoms with van der Waals surface area (Å²) in [7, 11) is 0. The second-order valence-corrected chi connectivity index (χ2v) is 18.5. The van der Waals surface area contributed by atoms with Crippen molar-refractivity contribution in [2.24, 2.45) is 0 Å². The third kappa shape index (κ3) is 50.4. The molecule has 0 aliphatic carbocycles. The molecule has 0 saturated heterocycles. The first-order valence-corrected chi connectivity index (χ1v) is 27.6. The molecule has 0 radical (unpaired) electrons. The van der Waals surface area contributed by atoms with Crippen molar-refractivity contribution < 1.29 is 28.6 Å². The van der Waals surface area contributed by atoms with E-state index < -0.39 is 6.10 Å². The summed E-state index contributed by atoms with van der Waals surface area (Å²) in [4.78, 5) is 37.8. The Morgan fingerprint density at radius 3 is 0.891 bits per heavy atom. The second-order valence-electron chi connectivity index (χ2n) is 18.5. The van der Waals surface area contributed by atoms with Gasteiger partial charge in [-0.3, -0.25) is 14.4 Å². The highest BCUT2D eigenvalue weighted by Crippen LogP contribution is 2.15. The molecule has 0 aliphatic heterocycles. The number of allylic oxidation sites excluding steroid dienone is 8. The van der Waals surface area contributed by atoms with Crippen molar-refractivity contribution in [3.63, 3.8) is 0 Å². The maximum absolute atomic E-state index is 12.8. The van der Waals surface area contributed by atoms with E-state index in [4.69, 9.17) is 14.2 Å². The van der Waals surface area contributed by atoms with Crippen LogP contribution in [0.15, 0.2) is 48.6 Å². The Balaban J connectivity index is 4.17. The normalized spacial score (nSPS) is 12.4. The molecule has 0 rings (SSSR count). The van der Waals surface area contributed by atoms with Gasteiger partial charge in [-0.05, 0) is 83.5 Å². The van der Waals surface area contributed by atoms with Crippen molar-refractivity contribution in [2.45, 2.75) is 290 Å². The number of hydrogen-bond acceptors (Lipinski definition) is 6. The lowest BCUT2D eigenvalue weighted by molar-refractivity contribution is -0.167. The van der Waals surface area contributed by atoms with Gasteiger partial charge in [-0.25, -0.2) is 0 Å². The minimum absolute atomic E-state index is 0.0752. The molecule has 6 nitrogen and oxygen atoms in total. The van der Waals surface area contributed by atoms with Crippen LogP contribution in [0.5, 0.6) is 0 Å². The van der Waals surface area contributed by atoms with Gasteiger partial charge in [-0.1, -0.05) is 230 Å². The van der Waals surface area contributed by atoms with Gasteiger partial charge in [0.05, 0.1) is 0 Å². The standard InChI is InChI=1S/C58H104O6/c1-4-7-10-13-16-18-20-22-24-26-28-29-31-32-34-36-38-40-42-45-48-51-57(60)63-54-55(53-62-56(59)50-47-44-15-12-9-6-3)64-58(61)52-49-46-43-41-39-37-35-33-30-27-25-23-21-19-17-14-11-8-5-2/h17,19-20,22-23,25-26,28,55H,4-16,18,21,24,27,29-54H2,1-3H3/b19-17-,22-20-,25-23-,28-26-. The van der Waals surface area contributed by atoms with Crippen LogP contribution in [-0.2, 0) is 28.6 Å². The van der Waals surface area contributed by atoms with Crippen LogP contribution < -0.4 is 0 Å². The molecule has 0 aliphatic rings. The van der Waals surface area contributed by atoms with E-state index in [0.717, 1.165) is 70.6 Å². The largest absolute Gasteiger partial charge is 0.462 e. The summed E-state index contributed by atoms with van der Waals surface area (Å²) >= 11 is 0. The average molecular weight is 897 g/mol. The number of hydrogen-bond donors (Lipinski definition) is 0. The van der Waals surface area contributed by atoms with Crippen molar-refractivity contribution in [2.75, 3.05) is 13.2 Å². The number of carbonyl (C=O) groups excluding carboxylic acids is 3. The zero-order valence-electron chi connectivity index (χ0n) is 42.6. The number of ether oxygens (including phenoxy) is 3. The molecule has 0 aromatic heterocycles. The van der Waals surface area contributed by atoms with E-state index in [9.17, 15) is 14.4 Å². The van der Waals surface area contributed by atoms with E-state index in [-0.39, 0.29) is 31.1 Å². The average Bonchev–Trinajstić information content (AvgIpc) is 3.29. The fraction of sp³-hybridized carbons (Fsp3) is 0.810. The first kappa shape index (κ1) is 61.4. The molecule has 1 atom stereocenters. The van der Waals surface area contributed by atoms with E-state index in [1.54, 1.807) is 0 Å². The van der Waals surface area contributed by atoms with E-state index in [0.29, 0.717) is 19.3 Å². The van der Waals surface area contributed by atoms with Gasteiger partial charge >= 0.3 is 17.9 Å². The molecule has 6 heteroatoms. The van der Waals surface area contributed by atoms with E-state index in [1.165, 1.54) is 173 Å². The van der Waals surface area contributed by atoms with Crippen LogP contribution in [0.25, 0.3) is 0 Å². The Kier molecular flexibility index (Phi) is 50.8. The molecule has 372 valence electrons. The Morgan fingerprint density at radius 2 is 0.562 bits per heavy atom. The van der Waals surface area contributed by atoms with Gasteiger partial charge in [0, 0.05) is 19.3 Å². The molecule has 0 bridgehead atoms. The lowest BCUT2D eigenvalue weighted by Crippen LogP contribution is -2.30. The van der Waals surface area contributed by atoms with Crippen molar-refractivity contribution in [3.05, 3.63) is 48.6 Å². The predicted molar refractivity (Wildman–Crippen MR) is 275 cm³/mol. The topological polar surface area (TPSA) is 78.9 Å². The van der Waals surface area contributed by atoms with Crippen LogP contribution >= 0.6 is 0 Å². The van der Waals surface area contributed by atoms with Gasteiger partial charge < -0.3 is 14.2 Å². The molecule has 0 N–H and O–H groups in total. The number of rotatable bonds is 50. The number of unbranched alkanes of at least 4 members (excludes halogenated alkanes) is 31. The first-order chi connectivity index (χ1) is 31.5. The van der Waals surface area contributed by atoms with E-state index in [1.807, 2.05) is 0 Å². The first-order valence-electron chi connectivity index (χ1n) is 27.6. The predicted octanol–water partition coefficient (Wildman–Crippen LogP) is 18.3. The molecular formula is C58H104O6. The molecule has 0 spiro atoms. The number of carbonyl (C=O) groups is 3. The summed E-state index contributed by atoms with van der Waals surface area (Å²) in [6, 6.07) is 0. The molecule has 0 amide bonds. The second kappa shape index (κ2) is 53.0. The van der Waals surface area contributed by atoms with Crippen LogP contribution in [-0.4, -0.2) is 37.2 Å². The molecular weight excluding hydrogens is 793 g/mol. The van der Waals surface area contributed by atoms with E-state index >= 15 is 0 Å². The molecule has 64 heavy (non-hydrogen) atoms. The Hall–Kier alpha value is -2.63. The summed E-state index contributed by atoms with van der Waals surface area (Å²) in [6.45, 7) is 6.56. The number of esters is 3. The maximum Gasteiger partial charge on any atom is 0.306 e. The van der Waals surface area contributed by atoms with Crippen LogP contribution in [0.3, 0.4) is 0 Å². The zero-order valence-corrected chi connectivity index (χ0v) is 42.6. The highest BCUT2D eigenvalue weighted by Gasteiger charge is 2.19. The maximum atomic E-state index is 12.8. The minimum Gasteiger partial charge on any atom is -0.462 e. The molecule has 0 fully saturated rings. The molecule has 0 aromatic carbocycles. The Labute approximate surface area is 397 Å². The van der Waals surface area contributed by atoms with Crippen molar-refractivity contribution in [1.82, 2.24) is 0 Å². The van der Waals surface area contributed by atoms with Gasteiger partial charge in [-0.15, -0.1) is 0 Å². The molecule has 1 unspecified atom stereocenters. The quantitative estimate of drug-likeness (QED) is 0.0262. The molecule has 0 heterocycles. The fourth-order valence-corrected chi connectivity index (χ4v) is 7.86. The van der Waals surface area contributed by atoms with Crippen molar-refractivity contribution in [1.29, 1.82) is 0 Å². The monoisotopic (exact) mass is 897 g/mol. The zero-order chi connectivity index (χ0) is 46.5. The molecule has 0 saturated carbocycles. The van der Waals surface area contributed by atoms with Crippen molar-refractivity contribution >= 4 is 17.9 Å². The van der Waals surface area contributed by atoms with Gasteiger partial charge in [0.1, 0.15) is 13.2 Å². The lowest BCUT2D eigenvalue weighted by atomic mass is 10.1. The van der Waals surface area contributed by atoms with Crippen LogP contribution in [0.2, 0.25) is 0 Å². The summed E-state index contributed by atoms with van der Waals surface area (Å²) in [5, 5.41) is 0. The van der Waals surface area contributed by atoms with Gasteiger partial charge in [0.25, 0.3) is 0 Å². The third-order valence-electron chi connectivity index (χ3n) is 12.1. The lowest BCUT2D eigenvalue weighted by Gasteiger charge is -2.18.